The molecular formula is C11H16BrNO2. The van der Waals surface area contributed by atoms with Crippen LogP contribution < -0.4 is 14.8 Å². The zero-order valence-corrected chi connectivity index (χ0v) is 11.0. The van der Waals surface area contributed by atoms with Crippen LogP contribution in [0.4, 0.5) is 5.69 Å². The molecule has 84 valence electrons. The van der Waals surface area contributed by atoms with Gasteiger partial charge < -0.3 is 14.8 Å². The lowest BCUT2D eigenvalue weighted by atomic mass is 10.2. The minimum atomic E-state index is 0.352. The molecule has 15 heavy (non-hydrogen) atoms. The Morgan fingerprint density at radius 2 is 1.73 bits per heavy atom. The molecule has 4 heteroatoms. The van der Waals surface area contributed by atoms with E-state index in [9.17, 15) is 0 Å². The van der Waals surface area contributed by atoms with E-state index < -0.39 is 0 Å². The van der Waals surface area contributed by atoms with Crippen molar-refractivity contribution < 1.29 is 9.47 Å². The van der Waals surface area contributed by atoms with Crippen molar-refractivity contribution >= 4 is 21.6 Å². The number of halogens is 1. The Hall–Kier alpha value is -0.900. The topological polar surface area (TPSA) is 30.5 Å². The first kappa shape index (κ1) is 12.2. The van der Waals surface area contributed by atoms with Gasteiger partial charge in [0, 0.05) is 18.2 Å². The van der Waals surface area contributed by atoms with E-state index in [0.29, 0.717) is 6.04 Å². The third-order valence-electron chi connectivity index (χ3n) is 1.92. The highest BCUT2D eigenvalue weighted by molar-refractivity contribution is 9.10. The van der Waals surface area contributed by atoms with Gasteiger partial charge >= 0.3 is 0 Å². The molecule has 0 aliphatic heterocycles. The molecule has 1 aromatic carbocycles. The van der Waals surface area contributed by atoms with E-state index in [0.717, 1.165) is 21.7 Å². The molecule has 1 N–H and O–H groups in total. The van der Waals surface area contributed by atoms with E-state index >= 15 is 0 Å². The number of benzene rings is 1. The molecule has 0 aromatic heterocycles. The Balaban J connectivity index is 3.10. The second-order valence-corrected chi connectivity index (χ2v) is 4.34. The first-order valence-electron chi connectivity index (χ1n) is 4.76. The smallest absolute Gasteiger partial charge is 0.143 e. The summed E-state index contributed by atoms with van der Waals surface area (Å²) >= 11 is 3.42. The van der Waals surface area contributed by atoms with E-state index in [2.05, 4.69) is 35.1 Å². The number of ether oxygens (including phenoxy) is 2. The van der Waals surface area contributed by atoms with Crippen LogP contribution in [0.25, 0.3) is 0 Å². The van der Waals surface area contributed by atoms with Crippen molar-refractivity contribution in [2.75, 3.05) is 19.5 Å². The summed E-state index contributed by atoms with van der Waals surface area (Å²) in [6, 6.07) is 4.16. The van der Waals surface area contributed by atoms with Crippen LogP contribution in [0.5, 0.6) is 11.5 Å². The van der Waals surface area contributed by atoms with Crippen molar-refractivity contribution in [3.05, 3.63) is 16.6 Å². The second kappa shape index (κ2) is 5.26. The molecule has 1 rings (SSSR count). The summed E-state index contributed by atoms with van der Waals surface area (Å²) in [4.78, 5) is 0. The molecule has 0 heterocycles. The molecule has 0 aliphatic rings. The summed E-state index contributed by atoms with van der Waals surface area (Å²) in [6.07, 6.45) is 0. The molecule has 0 fully saturated rings. The number of methoxy groups -OCH3 is 2. The van der Waals surface area contributed by atoms with Crippen LogP contribution in [0.15, 0.2) is 16.6 Å². The monoisotopic (exact) mass is 273 g/mol. The van der Waals surface area contributed by atoms with Crippen LogP contribution in [0, 0.1) is 0 Å². The average molecular weight is 274 g/mol. The van der Waals surface area contributed by atoms with Crippen LogP contribution in [0.1, 0.15) is 13.8 Å². The molecule has 0 amide bonds. The standard InChI is InChI=1S/C11H16BrNO2/c1-7(2)13-9-6-10(14-3)8(12)5-11(9)15-4/h5-7,13H,1-4H3. The van der Waals surface area contributed by atoms with Gasteiger partial charge in [-0.15, -0.1) is 0 Å². The molecule has 0 saturated heterocycles. The molecule has 0 bridgehead atoms. The van der Waals surface area contributed by atoms with Crippen molar-refractivity contribution in [3.8, 4) is 11.5 Å². The van der Waals surface area contributed by atoms with Crippen LogP contribution >= 0.6 is 15.9 Å². The summed E-state index contributed by atoms with van der Waals surface area (Å²) < 4.78 is 11.4. The SMILES string of the molecule is COc1cc(NC(C)C)c(OC)cc1Br. The largest absolute Gasteiger partial charge is 0.495 e. The molecule has 0 radical (unpaired) electrons. The van der Waals surface area contributed by atoms with Crippen LogP contribution in [-0.2, 0) is 0 Å². The quantitative estimate of drug-likeness (QED) is 0.913. The van der Waals surface area contributed by atoms with Gasteiger partial charge in [0.1, 0.15) is 11.5 Å². The highest BCUT2D eigenvalue weighted by Crippen LogP contribution is 2.36. The number of nitrogens with one attached hydrogen (secondary N) is 1. The summed E-state index contributed by atoms with van der Waals surface area (Å²) in [7, 11) is 3.30. The van der Waals surface area contributed by atoms with Gasteiger partial charge in [0.25, 0.3) is 0 Å². The Bertz CT molecular complexity index is 340. The fourth-order valence-corrected chi connectivity index (χ4v) is 1.77. The lowest BCUT2D eigenvalue weighted by molar-refractivity contribution is 0.402. The van der Waals surface area contributed by atoms with Crippen LogP contribution in [-0.4, -0.2) is 20.3 Å². The number of hydrogen-bond donors (Lipinski definition) is 1. The Morgan fingerprint density at radius 1 is 1.13 bits per heavy atom. The summed E-state index contributed by atoms with van der Waals surface area (Å²) in [5, 5.41) is 3.30. The normalized spacial score (nSPS) is 10.3. The fourth-order valence-electron chi connectivity index (χ4n) is 1.28. The van der Waals surface area contributed by atoms with E-state index in [1.807, 2.05) is 12.1 Å². The first-order chi connectivity index (χ1) is 7.08. The van der Waals surface area contributed by atoms with Gasteiger partial charge in [0.2, 0.25) is 0 Å². The highest BCUT2D eigenvalue weighted by atomic mass is 79.9. The molecular weight excluding hydrogens is 258 g/mol. The summed E-state index contributed by atoms with van der Waals surface area (Å²) in [6.45, 7) is 4.15. The Kier molecular flexibility index (Phi) is 4.27. The van der Waals surface area contributed by atoms with E-state index in [4.69, 9.17) is 9.47 Å². The molecule has 0 saturated carbocycles. The maximum Gasteiger partial charge on any atom is 0.143 e. The Morgan fingerprint density at radius 3 is 2.20 bits per heavy atom. The zero-order chi connectivity index (χ0) is 11.4. The van der Waals surface area contributed by atoms with E-state index in [-0.39, 0.29) is 0 Å². The second-order valence-electron chi connectivity index (χ2n) is 3.49. The molecule has 1 aromatic rings. The number of anilines is 1. The predicted octanol–water partition coefficient (Wildman–Crippen LogP) is 3.29. The van der Waals surface area contributed by atoms with Crippen molar-refractivity contribution in [2.45, 2.75) is 19.9 Å². The third-order valence-corrected chi connectivity index (χ3v) is 2.54. The average Bonchev–Trinajstić information content (AvgIpc) is 2.19. The molecule has 0 spiro atoms. The van der Waals surface area contributed by atoms with Crippen molar-refractivity contribution in [3.63, 3.8) is 0 Å². The lowest BCUT2D eigenvalue weighted by Gasteiger charge is -2.16. The van der Waals surface area contributed by atoms with E-state index in [1.54, 1.807) is 14.2 Å². The summed E-state index contributed by atoms with van der Waals surface area (Å²) in [5.74, 6) is 1.59. The minimum Gasteiger partial charge on any atom is -0.495 e. The van der Waals surface area contributed by atoms with Crippen molar-refractivity contribution in [1.29, 1.82) is 0 Å². The van der Waals surface area contributed by atoms with Gasteiger partial charge in [0.05, 0.1) is 24.4 Å². The lowest BCUT2D eigenvalue weighted by Crippen LogP contribution is -2.10. The Labute approximate surface area is 98.9 Å². The van der Waals surface area contributed by atoms with Crippen molar-refractivity contribution in [2.24, 2.45) is 0 Å². The number of hydrogen-bond acceptors (Lipinski definition) is 3. The minimum absolute atomic E-state index is 0.352. The van der Waals surface area contributed by atoms with Gasteiger partial charge in [-0.05, 0) is 29.8 Å². The first-order valence-corrected chi connectivity index (χ1v) is 5.55. The fraction of sp³-hybridized carbons (Fsp3) is 0.455. The van der Waals surface area contributed by atoms with Gasteiger partial charge in [-0.2, -0.15) is 0 Å². The van der Waals surface area contributed by atoms with Gasteiger partial charge in [-0.1, -0.05) is 0 Å². The molecule has 0 aliphatic carbocycles. The highest BCUT2D eigenvalue weighted by Gasteiger charge is 2.09. The number of rotatable bonds is 4. The summed E-state index contributed by atoms with van der Waals surface area (Å²) in [5.41, 5.74) is 0.938. The van der Waals surface area contributed by atoms with Crippen molar-refractivity contribution in [1.82, 2.24) is 0 Å². The third kappa shape index (κ3) is 3.02. The van der Waals surface area contributed by atoms with Gasteiger partial charge in [0.15, 0.2) is 0 Å². The van der Waals surface area contributed by atoms with Gasteiger partial charge in [-0.3, -0.25) is 0 Å². The van der Waals surface area contributed by atoms with Crippen LogP contribution in [0.3, 0.4) is 0 Å². The molecule has 0 atom stereocenters. The van der Waals surface area contributed by atoms with Crippen LogP contribution in [0.2, 0.25) is 0 Å². The maximum atomic E-state index is 5.28. The van der Waals surface area contributed by atoms with Gasteiger partial charge in [-0.25, -0.2) is 0 Å². The zero-order valence-electron chi connectivity index (χ0n) is 9.43. The predicted molar refractivity (Wildman–Crippen MR) is 66.0 cm³/mol. The van der Waals surface area contributed by atoms with E-state index in [1.165, 1.54) is 0 Å². The molecule has 3 nitrogen and oxygen atoms in total. The molecule has 0 unspecified atom stereocenters. The maximum absolute atomic E-state index is 5.28.